The number of hydrogen-bond acceptors (Lipinski definition) is 2. The van der Waals surface area contributed by atoms with E-state index in [0.29, 0.717) is 6.42 Å². The average molecular weight is 269 g/mol. The number of halogens is 1. The number of benzene rings is 1. The maximum atomic E-state index is 11.8. The van der Waals surface area contributed by atoms with Crippen molar-refractivity contribution < 1.29 is 4.79 Å². The molecule has 0 radical (unpaired) electrons. The Hall–Kier alpha value is -1.32. The molecule has 1 aromatic rings. The normalized spacial score (nSPS) is 13.0. The fourth-order valence-electron chi connectivity index (χ4n) is 1.62. The van der Waals surface area contributed by atoms with Crippen molar-refractivity contribution in [3.8, 4) is 0 Å². The summed E-state index contributed by atoms with van der Waals surface area (Å²) in [5, 5.41) is 2.87. The van der Waals surface area contributed by atoms with E-state index < -0.39 is 6.04 Å². The molecule has 0 bridgehead atoms. The average Bonchev–Trinajstić information content (AvgIpc) is 2.30. The first-order chi connectivity index (χ1) is 8.13. The zero-order valence-corrected chi connectivity index (χ0v) is 11.5. The smallest absolute Gasteiger partial charge is 0.237 e. The van der Waals surface area contributed by atoms with E-state index in [9.17, 15) is 4.79 Å². The maximum Gasteiger partial charge on any atom is 0.237 e. The minimum atomic E-state index is -0.496. The number of carbonyl (C=O) groups is 1. The van der Waals surface area contributed by atoms with E-state index in [4.69, 9.17) is 5.73 Å². The van der Waals surface area contributed by atoms with Crippen LogP contribution in [0.25, 0.3) is 0 Å². The van der Waals surface area contributed by atoms with Crippen LogP contribution in [-0.2, 0) is 11.2 Å². The van der Waals surface area contributed by atoms with Crippen LogP contribution in [0.1, 0.15) is 18.9 Å². The fraction of sp³-hybridized carbons (Fsp3) is 0.357. The summed E-state index contributed by atoms with van der Waals surface area (Å²) >= 11 is 0. The van der Waals surface area contributed by atoms with Gasteiger partial charge in [0.05, 0.1) is 6.04 Å². The van der Waals surface area contributed by atoms with Crippen LogP contribution >= 0.6 is 12.4 Å². The van der Waals surface area contributed by atoms with Gasteiger partial charge < -0.3 is 11.1 Å². The van der Waals surface area contributed by atoms with Crippen molar-refractivity contribution in [3.05, 3.63) is 48.6 Å². The predicted octanol–water partition coefficient (Wildman–Crippen LogP) is 2.06. The zero-order chi connectivity index (χ0) is 12.7. The van der Waals surface area contributed by atoms with Gasteiger partial charge in [-0.2, -0.15) is 0 Å². The number of rotatable bonds is 6. The molecule has 0 aliphatic carbocycles. The van der Waals surface area contributed by atoms with Crippen molar-refractivity contribution in [2.45, 2.75) is 31.8 Å². The lowest BCUT2D eigenvalue weighted by molar-refractivity contribution is -0.122. The Morgan fingerprint density at radius 2 is 2.06 bits per heavy atom. The second kappa shape index (κ2) is 8.72. The van der Waals surface area contributed by atoms with Crippen LogP contribution in [0.5, 0.6) is 0 Å². The minimum Gasteiger partial charge on any atom is -0.352 e. The van der Waals surface area contributed by atoms with Gasteiger partial charge in [-0.15, -0.1) is 19.0 Å². The molecule has 0 spiro atoms. The van der Waals surface area contributed by atoms with Crippen LogP contribution in [0.15, 0.2) is 43.0 Å². The number of amides is 1. The monoisotopic (exact) mass is 268 g/mol. The number of nitrogens with two attached hydrogens (primary N) is 1. The lowest BCUT2D eigenvalue weighted by Gasteiger charge is -2.16. The summed E-state index contributed by atoms with van der Waals surface area (Å²) < 4.78 is 0. The molecule has 100 valence electrons. The molecule has 0 fully saturated rings. The molecule has 2 atom stereocenters. The van der Waals surface area contributed by atoms with E-state index in [1.54, 1.807) is 6.08 Å². The SMILES string of the molecule is C=CCC(C)NC(=O)C(N)Cc1ccccc1.Cl. The van der Waals surface area contributed by atoms with Gasteiger partial charge in [-0.05, 0) is 25.3 Å². The number of hydrogen-bond donors (Lipinski definition) is 2. The topological polar surface area (TPSA) is 55.1 Å². The Morgan fingerprint density at radius 1 is 1.44 bits per heavy atom. The van der Waals surface area contributed by atoms with Crippen LogP contribution in [0, 0.1) is 0 Å². The molecule has 0 saturated heterocycles. The summed E-state index contributed by atoms with van der Waals surface area (Å²) in [6.07, 6.45) is 3.10. The summed E-state index contributed by atoms with van der Waals surface area (Å²) in [6.45, 7) is 5.58. The van der Waals surface area contributed by atoms with Crippen LogP contribution in [0.3, 0.4) is 0 Å². The van der Waals surface area contributed by atoms with E-state index in [1.165, 1.54) is 0 Å². The Kier molecular flexibility index (Phi) is 8.08. The van der Waals surface area contributed by atoms with Crippen molar-refractivity contribution >= 4 is 18.3 Å². The third-order valence-electron chi connectivity index (χ3n) is 2.54. The molecule has 0 saturated carbocycles. The predicted molar refractivity (Wildman–Crippen MR) is 77.8 cm³/mol. The zero-order valence-electron chi connectivity index (χ0n) is 10.6. The quantitative estimate of drug-likeness (QED) is 0.776. The van der Waals surface area contributed by atoms with Gasteiger partial charge >= 0.3 is 0 Å². The van der Waals surface area contributed by atoms with Gasteiger partial charge in [0.25, 0.3) is 0 Å². The highest BCUT2D eigenvalue weighted by atomic mass is 35.5. The van der Waals surface area contributed by atoms with Gasteiger partial charge in [-0.1, -0.05) is 36.4 Å². The van der Waals surface area contributed by atoms with Gasteiger partial charge in [-0.3, -0.25) is 4.79 Å². The highest BCUT2D eigenvalue weighted by Crippen LogP contribution is 2.02. The van der Waals surface area contributed by atoms with Crippen LogP contribution < -0.4 is 11.1 Å². The summed E-state index contributed by atoms with van der Waals surface area (Å²) in [5.41, 5.74) is 6.93. The highest BCUT2D eigenvalue weighted by Gasteiger charge is 2.15. The molecule has 18 heavy (non-hydrogen) atoms. The molecule has 3 nitrogen and oxygen atoms in total. The van der Waals surface area contributed by atoms with E-state index in [2.05, 4.69) is 11.9 Å². The van der Waals surface area contributed by atoms with Crippen LogP contribution in [0.4, 0.5) is 0 Å². The molecular formula is C14H21ClN2O. The summed E-state index contributed by atoms with van der Waals surface area (Å²) in [6, 6.07) is 9.37. The molecule has 4 heteroatoms. The van der Waals surface area contributed by atoms with E-state index in [1.807, 2.05) is 37.3 Å². The van der Waals surface area contributed by atoms with E-state index in [-0.39, 0.29) is 24.4 Å². The molecule has 3 N–H and O–H groups in total. The van der Waals surface area contributed by atoms with Crippen molar-refractivity contribution in [1.82, 2.24) is 5.32 Å². The second-order valence-electron chi connectivity index (χ2n) is 4.23. The van der Waals surface area contributed by atoms with Crippen LogP contribution in [-0.4, -0.2) is 18.0 Å². The Morgan fingerprint density at radius 3 is 2.61 bits per heavy atom. The molecule has 0 aromatic heterocycles. The van der Waals surface area contributed by atoms with E-state index in [0.717, 1.165) is 12.0 Å². The maximum absolute atomic E-state index is 11.8. The molecule has 0 heterocycles. The molecule has 0 aliphatic heterocycles. The second-order valence-corrected chi connectivity index (χ2v) is 4.23. The van der Waals surface area contributed by atoms with Crippen molar-refractivity contribution in [2.75, 3.05) is 0 Å². The fourth-order valence-corrected chi connectivity index (χ4v) is 1.62. The molecule has 1 amide bonds. The minimum absolute atomic E-state index is 0. The molecule has 2 unspecified atom stereocenters. The number of nitrogens with one attached hydrogen (secondary N) is 1. The van der Waals surface area contributed by atoms with Gasteiger partial charge in [0.2, 0.25) is 5.91 Å². The van der Waals surface area contributed by atoms with Crippen molar-refractivity contribution in [3.63, 3.8) is 0 Å². The van der Waals surface area contributed by atoms with Crippen LogP contribution in [0.2, 0.25) is 0 Å². The van der Waals surface area contributed by atoms with Crippen molar-refractivity contribution in [2.24, 2.45) is 5.73 Å². The summed E-state index contributed by atoms with van der Waals surface area (Å²) in [4.78, 5) is 11.8. The summed E-state index contributed by atoms with van der Waals surface area (Å²) in [7, 11) is 0. The Bertz CT molecular complexity index is 367. The lowest BCUT2D eigenvalue weighted by atomic mass is 10.1. The third kappa shape index (κ3) is 5.84. The Balaban J connectivity index is 0.00000289. The Labute approximate surface area is 115 Å². The largest absolute Gasteiger partial charge is 0.352 e. The molecule has 1 aromatic carbocycles. The van der Waals surface area contributed by atoms with E-state index >= 15 is 0 Å². The van der Waals surface area contributed by atoms with Gasteiger partial charge in [-0.25, -0.2) is 0 Å². The first-order valence-corrected chi connectivity index (χ1v) is 5.84. The number of carbonyl (C=O) groups excluding carboxylic acids is 1. The lowest BCUT2D eigenvalue weighted by Crippen LogP contribution is -2.45. The van der Waals surface area contributed by atoms with Gasteiger partial charge in [0.15, 0.2) is 0 Å². The highest BCUT2D eigenvalue weighted by molar-refractivity contribution is 5.85. The van der Waals surface area contributed by atoms with Crippen molar-refractivity contribution in [1.29, 1.82) is 0 Å². The molecular weight excluding hydrogens is 248 g/mol. The third-order valence-corrected chi connectivity index (χ3v) is 2.54. The van der Waals surface area contributed by atoms with Gasteiger partial charge in [0.1, 0.15) is 0 Å². The standard InChI is InChI=1S/C14H20N2O.ClH/c1-3-7-11(2)16-14(17)13(15)10-12-8-5-4-6-9-12;/h3-6,8-9,11,13H,1,7,10,15H2,2H3,(H,16,17);1H. The first-order valence-electron chi connectivity index (χ1n) is 5.84. The summed E-state index contributed by atoms with van der Waals surface area (Å²) in [5.74, 6) is -0.108. The molecule has 1 rings (SSSR count). The van der Waals surface area contributed by atoms with Gasteiger partial charge in [0, 0.05) is 6.04 Å². The molecule has 0 aliphatic rings. The first kappa shape index (κ1) is 16.7.